The molecule has 19 heavy (non-hydrogen) atoms. The zero-order valence-corrected chi connectivity index (χ0v) is 11.6. The molecule has 1 heterocycles. The van der Waals surface area contributed by atoms with Crippen LogP contribution in [0.2, 0.25) is 0 Å². The lowest BCUT2D eigenvalue weighted by Gasteiger charge is -2.06. The third-order valence-corrected chi connectivity index (χ3v) is 3.82. The number of carbonyl (C=O) groups excluding carboxylic acids is 1. The van der Waals surface area contributed by atoms with Gasteiger partial charge in [-0.2, -0.15) is 0 Å². The molecule has 0 radical (unpaired) electrons. The van der Waals surface area contributed by atoms with Crippen LogP contribution in [-0.2, 0) is 11.3 Å². The van der Waals surface area contributed by atoms with Gasteiger partial charge in [0.15, 0.2) is 0 Å². The predicted octanol–water partition coefficient (Wildman–Crippen LogP) is 2.80. The zero-order chi connectivity index (χ0) is 13.5. The maximum atomic E-state index is 11.7. The minimum Gasteiger partial charge on any atom is -0.350 e. The van der Waals surface area contributed by atoms with Gasteiger partial charge in [0.25, 0.3) is 0 Å². The van der Waals surface area contributed by atoms with Gasteiger partial charge in [-0.3, -0.25) is 9.78 Å². The Morgan fingerprint density at radius 2 is 2.00 bits per heavy atom. The number of aromatic nitrogens is 1. The fraction of sp³-hybridized carbons (Fsp3) is 0.200. The Hall–Kier alpha value is -1.81. The van der Waals surface area contributed by atoms with Crippen molar-refractivity contribution in [3.05, 3.63) is 59.9 Å². The van der Waals surface area contributed by atoms with Crippen LogP contribution < -0.4 is 5.32 Å². The first-order chi connectivity index (χ1) is 9.25. The zero-order valence-electron chi connectivity index (χ0n) is 10.8. The van der Waals surface area contributed by atoms with Crippen LogP contribution in [0.3, 0.4) is 0 Å². The topological polar surface area (TPSA) is 42.0 Å². The molecule has 1 N–H and O–H groups in total. The van der Waals surface area contributed by atoms with Gasteiger partial charge in [-0.05, 0) is 30.7 Å². The molecule has 0 spiro atoms. The molecular formula is C15H16N2OS. The van der Waals surface area contributed by atoms with Gasteiger partial charge >= 0.3 is 0 Å². The predicted molar refractivity (Wildman–Crippen MR) is 78.0 cm³/mol. The number of nitrogens with zero attached hydrogens (tertiary/aromatic N) is 1. The summed E-state index contributed by atoms with van der Waals surface area (Å²) in [5.74, 6) is 0.455. The molecule has 4 heteroatoms. The molecule has 98 valence electrons. The van der Waals surface area contributed by atoms with Gasteiger partial charge in [0.05, 0.1) is 18.0 Å². The summed E-state index contributed by atoms with van der Waals surface area (Å²) in [6, 6.07) is 13.7. The molecule has 2 rings (SSSR count). The average Bonchev–Trinajstić information content (AvgIpc) is 2.45. The lowest BCUT2D eigenvalue weighted by molar-refractivity contribution is -0.118. The molecule has 0 aliphatic heterocycles. The van der Waals surface area contributed by atoms with Crippen LogP contribution in [0.4, 0.5) is 0 Å². The molecular weight excluding hydrogens is 256 g/mol. The van der Waals surface area contributed by atoms with Gasteiger partial charge < -0.3 is 5.32 Å². The summed E-state index contributed by atoms with van der Waals surface area (Å²) in [7, 11) is 0. The summed E-state index contributed by atoms with van der Waals surface area (Å²) >= 11 is 1.56. The molecule has 0 saturated carbocycles. The van der Waals surface area contributed by atoms with Gasteiger partial charge in [-0.15, -0.1) is 11.8 Å². The Morgan fingerprint density at radius 1 is 1.21 bits per heavy atom. The van der Waals surface area contributed by atoms with E-state index in [1.54, 1.807) is 18.0 Å². The number of aryl methyl sites for hydroxylation is 1. The molecule has 0 unspecified atom stereocenters. The van der Waals surface area contributed by atoms with Crippen LogP contribution >= 0.6 is 11.8 Å². The molecule has 1 aromatic heterocycles. The number of thioether (sulfide) groups is 1. The number of carbonyl (C=O) groups is 1. The first kappa shape index (κ1) is 13.6. The highest BCUT2D eigenvalue weighted by atomic mass is 32.2. The van der Waals surface area contributed by atoms with E-state index < -0.39 is 0 Å². The number of pyridine rings is 1. The molecule has 1 aromatic carbocycles. The van der Waals surface area contributed by atoms with Crippen molar-refractivity contribution < 1.29 is 4.79 Å². The molecule has 3 nitrogen and oxygen atoms in total. The van der Waals surface area contributed by atoms with Gasteiger partial charge in [0, 0.05) is 11.1 Å². The van der Waals surface area contributed by atoms with Crippen LogP contribution in [0, 0.1) is 6.92 Å². The van der Waals surface area contributed by atoms with E-state index in [0.29, 0.717) is 12.3 Å². The van der Waals surface area contributed by atoms with Crippen LogP contribution in [0.5, 0.6) is 0 Å². The molecule has 0 saturated heterocycles. The summed E-state index contributed by atoms with van der Waals surface area (Å²) in [4.78, 5) is 17.1. The third-order valence-electron chi connectivity index (χ3n) is 2.65. The molecule has 0 fully saturated rings. The van der Waals surface area contributed by atoms with Crippen molar-refractivity contribution in [2.75, 3.05) is 5.75 Å². The van der Waals surface area contributed by atoms with Crippen molar-refractivity contribution in [1.82, 2.24) is 10.3 Å². The van der Waals surface area contributed by atoms with Gasteiger partial charge in [-0.1, -0.05) is 24.3 Å². The summed E-state index contributed by atoms with van der Waals surface area (Å²) in [6.07, 6.45) is 1.73. The van der Waals surface area contributed by atoms with Crippen LogP contribution in [0.25, 0.3) is 0 Å². The van der Waals surface area contributed by atoms with Crippen molar-refractivity contribution in [3.63, 3.8) is 0 Å². The Bertz CT molecular complexity index is 543. The first-order valence-electron chi connectivity index (χ1n) is 6.11. The summed E-state index contributed by atoms with van der Waals surface area (Å²) in [5.41, 5.74) is 2.07. The second kappa shape index (κ2) is 6.95. The maximum absolute atomic E-state index is 11.7. The van der Waals surface area contributed by atoms with Crippen LogP contribution in [0.15, 0.2) is 53.6 Å². The summed E-state index contributed by atoms with van der Waals surface area (Å²) < 4.78 is 0. The number of amides is 1. The quantitative estimate of drug-likeness (QED) is 0.851. The van der Waals surface area contributed by atoms with E-state index in [2.05, 4.69) is 10.3 Å². The standard InChI is InChI=1S/C15H16N2OS/c1-12-6-2-3-8-14(12)19-11-15(18)17-10-13-7-4-5-9-16-13/h2-9H,10-11H2,1H3,(H,17,18). The highest BCUT2D eigenvalue weighted by Gasteiger charge is 2.04. The highest BCUT2D eigenvalue weighted by molar-refractivity contribution is 8.00. The number of rotatable bonds is 5. The van der Waals surface area contributed by atoms with Crippen molar-refractivity contribution in [2.45, 2.75) is 18.4 Å². The summed E-state index contributed by atoms with van der Waals surface area (Å²) in [5, 5.41) is 2.87. The van der Waals surface area contributed by atoms with E-state index in [-0.39, 0.29) is 5.91 Å². The lowest BCUT2D eigenvalue weighted by Crippen LogP contribution is -2.24. The van der Waals surface area contributed by atoms with Crippen molar-refractivity contribution in [3.8, 4) is 0 Å². The second-order valence-electron chi connectivity index (χ2n) is 4.15. The molecule has 1 amide bonds. The second-order valence-corrected chi connectivity index (χ2v) is 5.17. The molecule has 2 aromatic rings. The SMILES string of the molecule is Cc1ccccc1SCC(=O)NCc1ccccn1. The Kier molecular flexibility index (Phi) is 4.98. The van der Waals surface area contributed by atoms with E-state index in [1.165, 1.54) is 5.56 Å². The average molecular weight is 272 g/mol. The number of hydrogen-bond acceptors (Lipinski definition) is 3. The number of nitrogens with one attached hydrogen (secondary N) is 1. The van der Waals surface area contributed by atoms with Crippen LogP contribution in [-0.4, -0.2) is 16.6 Å². The van der Waals surface area contributed by atoms with Gasteiger partial charge in [0.1, 0.15) is 0 Å². The normalized spacial score (nSPS) is 10.2. The minimum atomic E-state index is 0.0268. The largest absolute Gasteiger partial charge is 0.350 e. The smallest absolute Gasteiger partial charge is 0.230 e. The number of benzene rings is 1. The lowest BCUT2D eigenvalue weighted by atomic mass is 10.2. The number of hydrogen-bond donors (Lipinski definition) is 1. The van der Waals surface area contributed by atoms with E-state index in [9.17, 15) is 4.79 Å². The Morgan fingerprint density at radius 3 is 2.74 bits per heavy atom. The molecule has 0 bridgehead atoms. The molecule has 0 aliphatic carbocycles. The van der Waals surface area contributed by atoms with E-state index >= 15 is 0 Å². The van der Waals surface area contributed by atoms with Crippen molar-refractivity contribution in [1.29, 1.82) is 0 Å². The molecule has 0 atom stereocenters. The summed E-state index contributed by atoms with van der Waals surface area (Å²) in [6.45, 7) is 2.53. The monoisotopic (exact) mass is 272 g/mol. The van der Waals surface area contributed by atoms with Gasteiger partial charge in [-0.25, -0.2) is 0 Å². The Balaban J connectivity index is 1.78. The van der Waals surface area contributed by atoms with E-state index in [0.717, 1.165) is 10.6 Å². The van der Waals surface area contributed by atoms with Crippen LogP contribution in [0.1, 0.15) is 11.3 Å². The third kappa shape index (κ3) is 4.41. The minimum absolute atomic E-state index is 0.0268. The van der Waals surface area contributed by atoms with Crippen molar-refractivity contribution in [2.24, 2.45) is 0 Å². The van der Waals surface area contributed by atoms with E-state index in [4.69, 9.17) is 0 Å². The highest BCUT2D eigenvalue weighted by Crippen LogP contribution is 2.21. The van der Waals surface area contributed by atoms with E-state index in [1.807, 2.05) is 49.4 Å². The fourth-order valence-corrected chi connectivity index (χ4v) is 2.46. The van der Waals surface area contributed by atoms with Crippen molar-refractivity contribution >= 4 is 17.7 Å². The fourth-order valence-electron chi connectivity index (χ4n) is 1.60. The Labute approximate surface area is 117 Å². The first-order valence-corrected chi connectivity index (χ1v) is 7.09. The van der Waals surface area contributed by atoms with Gasteiger partial charge in [0.2, 0.25) is 5.91 Å². The maximum Gasteiger partial charge on any atom is 0.230 e. The molecule has 0 aliphatic rings.